The number of nitrogens with zero attached hydrogens (tertiary/aromatic N) is 1. The maximum atomic E-state index is 12.9. The SMILES string of the molecule is CCO[C@H]1C[C@@H](O)C12CCN(C(=O)c1oc3ccccc3c1C)CC2. The van der Waals surface area contributed by atoms with Gasteiger partial charge in [-0.3, -0.25) is 4.79 Å². The number of ether oxygens (including phenoxy) is 1. The van der Waals surface area contributed by atoms with Crippen molar-refractivity contribution in [3.05, 3.63) is 35.6 Å². The van der Waals surface area contributed by atoms with Crippen molar-refractivity contribution in [2.45, 2.75) is 45.3 Å². The number of rotatable bonds is 3. The van der Waals surface area contributed by atoms with Crippen LogP contribution in [0.25, 0.3) is 11.0 Å². The third kappa shape index (κ3) is 2.49. The molecule has 2 fully saturated rings. The van der Waals surface area contributed by atoms with Crippen LogP contribution < -0.4 is 0 Å². The highest BCUT2D eigenvalue weighted by atomic mass is 16.5. The summed E-state index contributed by atoms with van der Waals surface area (Å²) < 4.78 is 11.6. The Balaban J connectivity index is 1.50. The number of hydrogen-bond acceptors (Lipinski definition) is 4. The summed E-state index contributed by atoms with van der Waals surface area (Å²) in [6.45, 7) is 5.86. The highest BCUT2D eigenvalue weighted by Crippen LogP contribution is 2.51. The Morgan fingerprint density at radius 2 is 2.08 bits per heavy atom. The Morgan fingerprint density at radius 3 is 2.72 bits per heavy atom. The van der Waals surface area contributed by atoms with Gasteiger partial charge in [0.2, 0.25) is 0 Å². The van der Waals surface area contributed by atoms with E-state index in [2.05, 4.69) is 0 Å². The average Bonchev–Trinajstić information content (AvgIpc) is 2.98. The maximum absolute atomic E-state index is 12.9. The summed E-state index contributed by atoms with van der Waals surface area (Å²) in [5, 5.41) is 11.3. The molecule has 2 atom stereocenters. The zero-order valence-corrected chi connectivity index (χ0v) is 14.8. The van der Waals surface area contributed by atoms with Crippen LogP contribution >= 0.6 is 0 Å². The minimum Gasteiger partial charge on any atom is -0.451 e. The molecule has 4 rings (SSSR count). The largest absolute Gasteiger partial charge is 0.451 e. The summed E-state index contributed by atoms with van der Waals surface area (Å²) >= 11 is 0. The zero-order valence-electron chi connectivity index (χ0n) is 14.8. The fourth-order valence-corrected chi connectivity index (χ4v) is 4.46. The van der Waals surface area contributed by atoms with E-state index in [9.17, 15) is 9.90 Å². The molecule has 2 aliphatic rings. The maximum Gasteiger partial charge on any atom is 0.289 e. The molecule has 0 radical (unpaired) electrons. The van der Waals surface area contributed by atoms with Crippen LogP contribution in [0.1, 0.15) is 42.3 Å². The number of aliphatic hydroxyl groups is 1. The molecule has 1 aliphatic heterocycles. The molecular formula is C20H25NO4. The number of aryl methyl sites for hydroxylation is 1. The number of benzene rings is 1. The van der Waals surface area contributed by atoms with Crippen LogP contribution in [0.4, 0.5) is 0 Å². The zero-order chi connectivity index (χ0) is 17.6. The van der Waals surface area contributed by atoms with Gasteiger partial charge < -0.3 is 19.2 Å². The molecule has 5 nitrogen and oxygen atoms in total. The number of amides is 1. The Hall–Kier alpha value is -1.85. The highest BCUT2D eigenvalue weighted by molar-refractivity contribution is 5.98. The van der Waals surface area contributed by atoms with Crippen molar-refractivity contribution in [2.24, 2.45) is 5.41 Å². The van der Waals surface area contributed by atoms with Crippen LogP contribution in [0.5, 0.6) is 0 Å². The number of aliphatic hydroxyl groups excluding tert-OH is 1. The smallest absolute Gasteiger partial charge is 0.289 e. The second-order valence-corrected chi connectivity index (χ2v) is 7.27. The van der Waals surface area contributed by atoms with Gasteiger partial charge in [-0.05, 0) is 32.8 Å². The first-order chi connectivity index (χ1) is 12.1. The van der Waals surface area contributed by atoms with E-state index in [0.717, 1.165) is 29.4 Å². The number of carbonyl (C=O) groups excluding carboxylic acids is 1. The van der Waals surface area contributed by atoms with Gasteiger partial charge >= 0.3 is 0 Å². The number of carbonyl (C=O) groups is 1. The Morgan fingerprint density at radius 1 is 1.36 bits per heavy atom. The van der Waals surface area contributed by atoms with Crippen LogP contribution in [-0.2, 0) is 4.74 Å². The van der Waals surface area contributed by atoms with E-state index in [-0.39, 0.29) is 23.5 Å². The Labute approximate surface area is 147 Å². The Bertz CT molecular complexity index is 786. The summed E-state index contributed by atoms with van der Waals surface area (Å²) in [5.41, 5.74) is 1.48. The summed E-state index contributed by atoms with van der Waals surface area (Å²) in [5.74, 6) is 0.387. The topological polar surface area (TPSA) is 62.9 Å². The first-order valence-corrected chi connectivity index (χ1v) is 9.14. The molecule has 1 N–H and O–H groups in total. The molecular weight excluding hydrogens is 318 g/mol. The van der Waals surface area contributed by atoms with Crippen molar-refractivity contribution in [1.29, 1.82) is 0 Å². The quantitative estimate of drug-likeness (QED) is 0.930. The molecule has 1 saturated carbocycles. The normalized spacial score (nSPS) is 25.3. The molecule has 5 heteroatoms. The lowest BCUT2D eigenvalue weighted by Crippen LogP contribution is -2.62. The molecule has 2 aromatic rings. The number of likely N-dealkylation sites (tertiary alicyclic amines) is 1. The number of furan rings is 1. The highest BCUT2D eigenvalue weighted by Gasteiger charge is 2.56. The summed E-state index contributed by atoms with van der Waals surface area (Å²) in [6, 6.07) is 7.74. The van der Waals surface area contributed by atoms with Crippen LogP contribution in [0, 0.1) is 12.3 Å². The Kier molecular flexibility index (Phi) is 4.08. The van der Waals surface area contributed by atoms with E-state index in [1.807, 2.05) is 43.0 Å². The third-order valence-corrected chi connectivity index (χ3v) is 6.13. The summed E-state index contributed by atoms with van der Waals surface area (Å²) in [6.07, 6.45) is 2.09. The van der Waals surface area contributed by atoms with Crippen molar-refractivity contribution >= 4 is 16.9 Å². The van der Waals surface area contributed by atoms with E-state index in [4.69, 9.17) is 9.15 Å². The van der Waals surface area contributed by atoms with Crippen LogP contribution in [0.2, 0.25) is 0 Å². The molecule has 1 saturated heterocycles. The second kappa shape index (κ2) is 6.15. The first kappa shape index (κ1) is 16.6. The third-order valence-electron chi connectivity index (χ3n) is 6.13. The van der Waals surface area contributed by atoms with Gasteiger partial charge in [-0.15, -0.1) is 0 Å². The summed E-state index contributed by atoms with van der Waals surface area (Å²) in [7, 11) is 0. The van der Waals surface area contributed by atoms with E-state index >= 15 is 0 Å². The van der Waals surface area contributed by atoms with Gasteiger partial charge in [0, 0.05) is 42.5 Å². The number of piperidine rings is 1. The summed E-state index contributed by atoms with van der Waals surface area (Å²) in [4.78, 5) is 14.8. The number of hydrogen-bond donors (Lipinski definition) is 1. The molecule has 25 heavy (non-hydrogen) atoms. The van der Waals surface area contributed by atoms with Crippen molar-refractivity contribution in [1.82, 2.24) is 4.90 Å². The molecule has 1 amide bonds. The van der Waals surface area contributed by atoms with Gasteiger partial charge in [0.15, 0.2) is 5.76 Å². The molecule has 2 heterocycles. The van der Waals surface area contributed by atoms with Crippen molar-refractivity contribution < 1.29 is 19.1 Å². The molecule has 1 aliphatic carbocycles. The van der Waals surface area contributed by atoms with Gasteiger partial charge in [0.05, 0.1) is 12.2 Å². The second-order valence-electron chi connectivity index (χ2n) is 7.27. The molecule has 1 spiro atoms. The lowest BCUT2D eigenvalue weighted by atomic mass is 9.58. The van der Waals surface area contributed by atoms with Crippen LogP contribution in [0.3, 0.4) is 0 Å². The molecule has 1 aromatic heterocycles. The van der Waals surface area contributed by atoms with Gasteiger partial charge in [0.1, 0.15) is 5.58 Å². The first-order valence-electron chi connectivity index (χ1n) is 9.14. The number of fused-ring (bicyclic) bond motifs is 1. The van der Waals surface area contributed by atoms with Gasteiger partial charge in [-0.2, -0.15) is 0 Å². The van der Waals surface area contributed by atoms with Crippen molar-refractivity contribution in [2.75, 3.05) is 19.7 Å². The van der Waals surface area contributed by atoms with Crippen LogP contribution in [0.15, 0.2) is 28.7 Å². The minimum atomic E-state index is -0.311. The molecule has 134 valence electrons. The van der Waals surface area contributed by atoms with Gasteiger partial charge in [-0.1, -0.05) is 18.2 Å². The van der Waals surface area contributed by atoms with E-state index in [0.29, 0.717) is 31.9 Å². The predicted molar refractivity (Wildman–Crippen MR) is 94.6 cm³/mol. The van der Waals surface area contributed by atoms with Crippen LogP contribution in [-0.4, -0.2) is 47.8 Å². The average molecular weight is 343 g/mol. The fourth-order valence-electron chi connectivity index (χ4n) is 4.46. The predicted octanol–water partition coefficient (Wildman–Crippen LogP) is 3.13. The minimum absolute atomic E-state index is 0.0506. The lowest BCUT2D eigenvalue weighted by Gasteiger charge is -2.56. The monoisotopic (exact) mass is 343 g/mol. The molecule has 1 aromatic carbocycles. The van der Waals surface area contributed by atoms with E-state index < -0.39 is 0 Å². The van der Waals surface area contributed by atoms with E-state index in [1.165, 1.54) is 0 Å². The standard InChI is InChI=1S/C20H25NO4/c1-3-24-17-12-16(22)20(17)8-10-21(11-9-20)19(23)18-13(2)14-6-4-5-7-15(14)25-18/h4-7,16-17,22H,3,8-12H2,1-2H3/t16-,17+/m1/s1. The van der Waals surface area contributed by atoms with Gasteiger partial charge in [0.25, 0.3) is 5.91 Å². The van der Waals surface area contributed by atoms with Gasteiger partial charge in [-0.25, -0.2) is 0 Å². The molecule has 0 unspecified atom stereocenters. The number of para-hydroxylation sites is 1. The lowest BCUT2D eigenvalue weighted by molar-refractivity contribution is -0.207. The molecule has 0 bridgehead atoms. The fraction of sp³-hybridized carbons (Fsp3) is 0.550. The van der Waals surface area contributed by atoms with E-state index in [1.54, 1.807) is 0 Å². The van der Waals surface area contributed by atoms with Crippen molar-refractivity contribution in [3.8, 4) is 0 Å². The van der Waals surface area contributed by atoms with Crippen molar-refractivity contribution in [3.63, 3.8) is 0 Å².